The second-order valence-corrected chi connectivity index (χ2v) is 8.42. The van der Waals surface area contributed by atoms with E-state index in [1.807, 2.05) is 18.2 Å². The van der Waals surface area contributed by atoms with Crippen molar-refractivity contribution in [2.24, 2.45) is 5.16 Å². The molecule has 3 aromatic heterocycles. The summed E-state index contributed by atoms with van der Waals surface area (Å²) in [5.74, 6) is 1.86. The zero-order valence-electron chi connectivity index (χ0n) is 17.5. The minimum Gasteiger partial charge on any atom is -0.493 e. The van der Waals surface area contributed by atoms with Crippen molar-refractivity contribution in [3.05, 3.63) is 46.4 Å². The van der Waals surface area contributed by atoms with Crippen LogP contribution in [0.4, 0.5) is 0 Å². The molecule has 10 heteroatoms. The van der Waals surface area contributed by atoms with Crippen LogP contribution >= 0.6 is 11.3 Å². The molecule has 4 heterocycles. The first-order valence-electron chi connectivity index (χ1n) is 9.86. The zero-order chi connectivity index (χ0) is 21.4. The second-order valence-electron chi connectivity index (χ2n) is 7.33. The smallest absolute Gasteiger partial charge is 0.192 e. The molecule has 1 aliphatic rings. The molecule has 0 saturated carbocycles. The van der Waals surface area contributed by atoms with Gasteiger partial charge in [-0.25, -0.2) is 14.5 Å². The van der Waals surface area contributed by atoms with Crippen LogP contribution in [0.25, 0.3) is 15.9 Å². The van der Waals surface area contributed by atoms with E-state index in [9.17, 15) is 0 Å². The lowest BCUT2D eigenvalue weighted by atomic mass is 10.1. The molecule has 4 aromatic rings. The molecular formula is C21H22N6O3S. The second kappa shape index (κ2) is 8.12. The molecule has 9 nitrogen and oxygen atoms in total. The Morgan fingerprint density at radius 1 is 1.23 bits per heavy atom. The number of rotatable bonds is 6. The van der Waals surface area contributed by atoms with E-state index in [4.69, 9.17) is 19.3 Å². The molecule has 0 radical (unpaired) electrons. The maximum absolute atomic E-state index is 5.44. The van der Waals surface area contributed by atoms with Gasteiger partial charge in [0.2, 0.25) is 0 Å². The van der Waals surface area contributed by atoms with Crippen molar-refractivity contribution in [1.82, 2.24) is 24.5 Å². The Morgan fingerprint density at radius 2 is 2.10 bits per heavy atom. The van der Waals surface area contributed by atoms with Gasteiger partial charge in [0.05, 0.1) is 25.8 Å². The van der Waals surface area contributed by atoms with Crippen LogP contribution < -0.4 is 9.47 Å². The Bertz CT molecular complexity index is 1280. The van der Waals surface area contributed by atoms with E-state index in [-0.39, 0.29) is 6.61 Å². The number of ether oxygens (including phenoxy) is 2. The summed E-state index contributed by atoms with van der Waals surface area (Å²) in [6.45, 7) is 2.16. The lowest BCUT2D eigenvalue weighted by molar-refractivity contribution is 0.126. The maximum atomic E-state index is 5.44. The topological polar surface area (TPSA) is 86.4 Å². The molecule has 160 valence electrons. The SMILES string of the molecule is COc1ccc(C=NOCc2nc3c4c5c(sc4ncn3n2)CN(C)CC5)cc1OC. The van der Waals surface area contributed by atoms with Gasteiger partial charge in [-0.05, 0) is 37.2 Å². The summed E-state index contributed by atoms with van der Waals surface area (Å²) in [6, 6.07) is 5.52. The number of fused-ring (bicyclic) bond motifs is 5. The van der Waals surface area contributed by atoms with Gasteiger partial charge in [-0.15, -0.1) is 16.4 Å². The third kappa shape index (κ3) is 3.68. The van der Waals surface area contributed by atoms with Crippen LogP contribution in [-0.2, 0) is 24.4 Å². The third-order valence-corrected chi connectivity index (χ3v) is 6.41. The van der Waals surface area contributed by atoms with Gasteiger partial charge in [-0.2, -0.15) is 0 Å². The fraction of sp³-hybridized carbons (Fsp3) is 0.333. The van der Waals surface area contributed by atoms with E-state index >= 15 is 0 Å². The standard InChI is InChI=1S/C21H22N6O3S/c1-26-7-6-14-17(10-26)31-21-19(14)20-24-18(25-27(20)12-22-21)11-30-23-9-13-4-5-15(28-2)16(8-13)29-3/h4-5,8-9,12H,6-7,10-11H2,1-3H3. The van der Waals surface area contributed by atoms with Gasteiger partial charge >= 0.3 is 0 Å². The molecule has 1 aromatic carbocycles. The van der Waals surface area contributed by atoms with Gasteiger partial charge in [0.1, 0.15) is 11.2 Å². The average Bonchev–Trinajstić information content (AvgIpc) is 3.36. The molecule has 0 fully saturated rings. The number of oxime groups is 1. The van der Waals surface area contributed by atoms with Crippen LogP contribution in [0.15, 0.2) is 29.7 Å². The molecule has 0 atom stereocenters. The Labute approximate surface area is 182 Å². The summed E-state index contributed by atoms with van der Waals surface area (Å²) < 4.78 is 12.3. The summed E-state index contributed by atoms with van der Waals surface area (Å²) in [5.41, 5.74) is 3.01. The number of aromatic nitrogens is 4. The number of hydrogen-bond acceptors (Lipinski definition) is 9. The molecule has 5 rings (SSSR count). The van der Waals surface area contributed by atoms with Gasteiger partial charge in [-0.1, -0.05) is 5.16 Å². The fourth-order valence-electron chi connectivity index (χ4n) is 3.75. The van der Waals surface area contributed by atoms with Crippen LogP contribution in [0.5, 0.6) is 11.5 Å². The maximum Gasteiger partial charge on any atom is 0.192 e. The highest BCUT2D eigenvalue weighted by atomic mass is 32.1. The lowest BCUT2D eigenvalue weighted by Gasteiger charge is -2.21. The molecule has 0 unspecified atom stereocenters. The van der Waals surface area contributed by atoms with Crippen molar-refractivity contribution in [3.63, 3.8) is 0 Å². The molecule has 31 heavy (non-hydrogen) atoms. The predicted molar refractivity (Wildman–Crippen MR) is 118 cm³/mol. The van der Waals surface area contributed by atoms with E-state index < -0.39 is 0 Å². The van der Waals surface area contributed by atoms with E-state index in [0.29, 0.717) is 17.3 Å². The molecule has 0 bridgehead atoms. The van der Waals surface area contributed by atoms with Crippen molar-refractivity contribution < 1.29 is 14.3 Å². The van der Waals surface area contributed by atoms with Gasteiger partial charge in [0.25, 0.3) is 0 Å². The Kier molecular flexibility index (Phi) is 5.16. The minimum absolute atomic E-state index is 0.169. The van der Waals surface area contributed by atoms with E-state index in [1.165, 1.54) is 10.4 Å². The Balaban J connectivity index is 1.34. The van der Waals surface area contributed by atoms with E-state index in [1.54, 1.807) is 42.6 Å². The summed E-state index contributed by atoms with van der Waals surface area (Å²) in [6.07, 6.45) is 4.33. The highest BCUT2D eigenvalue weighted by Crippen LogP contribution is 2.35. The first-order valence-corrected chi connectivity index (χ1v) is 10.7. The molecule has 0 amide bonds. The van der Waals surface area contributed by atoms with Gasteiger partial charge < -0.3 is 19.2 Å². The van der Waals surface area contributed by atoms with Crippen molar-refractivity contribution in [1.29, 1.82) is 0 Å². The van der Waals surface area contributed by atoms with Crippen molar-refractivity contribution in [3.8, 4) is 11.5 Å². The molecule has 1 aliphatic heterocycles. The molecule has 0 saturated heterocycles. The van der Waals surface area contributed by atoms with E-state index in [2.05, 4.69) is 27.2 Å². The summed E-state index contributed by atoms with van der Waals surface area (Å²) in [5, 5.41) is 9.66. The monoisotopic (exact) mass is 438 g/mol. The van der Waals surface area contributed by atoms with Crippen LogP contribution in [0, 0.1) is 0 Å². The number of benzene rings is 1. The van der Waals surface area contributed by atoms with Gasteiger partial charge in [0, 0.05) is 23.5 Å². The predicted octanol–water partition coefficient (Wildman–Crippen LogP) is 2.89. The Hall–Kier alpha value is -3.24. The van der Waals surface area contributed by atoms with E-state index in [0.717, 1.165) is 40.9 Å². The normalized spacial score (nSPS) is 14.4. The number of methoxy groups -OCH3 is 2. The molecular weight excluding hydrogens is 416 g/mol. The fourth-order valence-corrected chi connectivity index (χ4v) is 5.01. The average molecular weight is 439 g/mol. The summed E-state index contributed by atoms with van der Waals surface area (Å²) in [7, 11) is 5.34. The van der Waals surface area contributed by atoms with Gasteiger partial charge in [0.15, 0.2) is 29.6 Å². The largest absolute Gasteiger partial charge is 0.493 e. The number of thiophene rings is 1. The quantitative estimate of drug-likeness (QED) is 0.338. The van der Waals surface area contributed by atoms with Crippen LogP contribution in [0.2, 0.25) is 0 Å². The van der Waals surface area contributed by atoms with Crippen molar-refractivity contribution >= 4 is 33.4 Å². The number of likely N-dealkylation sites (N-methyl/N-ethyl adjacent to an activating group) is 1. The lowest BCUT2D eigenvalue weighted by Crippen LogP contribution is -2.25. The first-order chi connectivity index (χ1) is 15.2. The summed E-state index contributed by atoms with van der Waals surface area (Å²) in [4.78, 5) is 19.4. The van der Waals surface area contributed by atoms with Crippen molar-refractivity contribution in [2.45, 2.75) is 19.6 Å². The third-order valence-electron chi connectivity index (χ3n) is 5.29. The molecule has 0 aliphatic carbocycles. The van der Waals surface area contributed by atoms with Crippen molar-refractivity contribution in [2.75, 3.05) is 27.8 Å². The zero-order valence-corrected chi connectivity index (χ0v) is 18.3. The summed E-state index contributed by atoms with van der Waals surface area (Å²) >= 11 is 1.74. The highest BCUT2D eigenvalue weighted by Gasteiger charge is 2.22. The molecule has 0 spiro atoms. The molecule has 0 N–H and O–H groups in total. The number of hydrogen-bond donors (Lipinski definition) is 0. The first kappa shape index (κ1) is 19.7. The van der Waals surface area contributed by atoms with Crippen LogP contribution in [-0.4, -0.2) is 58.5 Å². The van der Waals surface area contributed by atoms with Crippen LogP contribution in [0.3, 0.4) is 0 Å². The highest BCUT2D eigenvalue weighted by molar-refractivity contribution is 7.19. The number of nitrogens with zero attached hydrogens (tertiary/aromatic N) is 6. The van der Waals surface area contributed by atoms with Crippen LogP contribution in [0.1, 0.15) is 21.8 Å². The Morgan fingerprint density at radius 3 is 2.94 bits per heavy atom. The minimum atomic E-state index is 0.169. The van der Waals surface area contributed by atoms with Gasteiger partial charge in [-0.3, -0.25) is 0 Å².